The van der Waals surface area contributed by atoms with Crippen molar-refractivity contribution in [3.63, 3.8) is 0 Å². The average molecular weight is 422 g/mol. The van der Waals surface area contributed by atoms with E-state index in [-0.39, 0.29) is 11.2 Å². The van der Waals surface area contributed by atoms with Crippen molar-refractivity contribution >= 4 is 33.5 Å². The van der Waals surface area contributed by atoms with Gasteiger partial charge in [-0.15, -0.1) is 0 Å². The maximum absolute atomic E-state index is 13.8. The molecule has 0 spiro atoms. The molecule has 32 heavy (non-hydrogen) atoms. The molecule has 6 nitrogen and oxygen atoms in total. The van der Waals surface area contributed by atoms with Crippen LogP contribution in [0, 0.1) is 13.8 Å². The molecule has 1 amide bonds. The van der Waals surface area contributed by atoms with Crippen molar-refractivity contribution in [2.75, 3.05) is 4.90 Å². The molecule has 0 aliphatic carbocycles. The quantitative estimate of drug-likeness (QED) is 0.361. The van der Waals surface area contributed by atoms with Crippen LogP contribution in [-0.2, 0) is 0 Å². The van der Waals surface area contributed by atoms with Crippen LogP contribution in [0.5, 0.6) is 0 Å². The fraction of sp³-hybridized carbons (Fsp3) is 0.115. The van der Waals surface area contributed by atoms with Gasteiger partial charge >= 0.3 is 0 Å². The maximum Gasteiger partial charge on any atom is 0.296 e. The van der Waals surface area contributed by atoms with Crippen LogP contribution >= 0.6 is 0 Å². The molecular formula is C26H18N2O4. The predicted molar refractivity (Wildman–Crippen MR) is 121 cm³/mol. The van der Waals surface area contributed by atoms with Crippen molar-refractivity contribution < 1.29 is 13.7 Å². The lowest BCUT2D eigenvalue weighted by Gasteiger charge is -2.22. The molecule has 0 N–H and O–H groups in total. The summed E-state index contributed by atoms with van der Waals surface area (Å²) in [6.45, 7) is 3.75. The van der Waals surface area contributed by atoms with Crippen molar-refractivity contribution in [1.82, 2.24) is 5.16 Å². The van der Waals surface area contributed by atoms with Crippen molar-refractivity contribution in [3.05, 3.63) is 105 Å². The van der Waals surface area contributed by atoms with Gasteiger partial charge in [-0.1, -0.05) is 65.3 Å². The van der Waals surface area contributed by atoms with E-state index in [0.717, 1.165) is 21.9 Å². The third kappa shape index (κ3) is 2.56. The smallest absolute Gasteiger partial charge is 0.296 e. The van der Waals surface area contributed by atoms with Crippen LogP contribution in [0.3, 0.4) is 0 Å². The summed E-state index contributed by atoms with van der Waals surface area (Å²) in [5.41, 5.74) is 2.41. The van der Waals surface area contributed by atoms with Crippen molar-refractivity contribution in [3.8, 4) is 0 Å². The number of benzene rings is 3. The number of carbonyl (C=O) groups excluding carboxylic acids is 1. The van der Waals surface area contributed by atoms with E-state index in [1.54, 1.807) is 19.1 Å². The van der Waals surface area contributed by atoms with Gasteiger partial charge in [-0.3, -0.25) is 14.5 Å². The van der Waals surface area contributed by atoms with E-state index in [1.165, 1.54) is 4.90 Å². The molecule has 156 valence electrons. The summed E-state index contributed by atoms with van der Waals surface area (Å²) in [5, 5.41) is 6.24. The Kier molecular flexibility index (Phi) is 3.86. The standard InChI is InChI=1S/C26H18N2O4/c1-14-7-9-17(10-8-14)22-21-23(29)19-12-11-16-5-3-4-6-18(16)24(19)31-25(21)26(30)28(22)20-13-15(2)32-27-20/h3-13,22H,1-2H3/t22-/m0/s1. The van der Waals surface area contributed by atoms with E-state index in [0.29, 0.717) is 28.1 Å². The Morgan fingerprint density at radius 2 is 1.69 bits per heavy atom. The number of carbonyl (C=O) groups is 1. The second-order valence-electron chi connectivity index (χ2n) is 8.12. The van der Waals surface area contributed by atoms with Crippen LogP contribution < -0.4 is 10.3 Å². The Morgan fingerprint density at radius 3 is 2.44 bits per heavy atom. The monoisotopic (exact) mass is 422 g/mol. The zero-order valence-corrected chi connectivity index (χ0v) is 17.5. The number of anilines is 1. The number of aryl methyl sites for hydroxylation is 2. The molecule has 5 aromatic rings. The molecule has 3 heterocycles. The van der Waals surface area contributed by atoms with Crippen LogP contribution in [0.2, 0.25) is 0 Å². The third-order valence-corrected chi connectivity index (χ3v) is 6.02. The minimum Gasteiger partial charge on any atom is -0.450 e. The van der Waals surface area contributed by atoms with Crippen molar-refractivity contribution in [1.29, 1.82) is 0 Å². The lowest BCUT2D eigenvalue weighted by atomic mass is 9.97. The Bertz CT molecular complexity index is 1590. The second-order valence-corrected chi connectivity index (χ2v) is 8.12. The van der Waals surface area contributed by atoms with E-state index in [2.05, 4.69) is 5.16 Å². The first-order valence-electron chi connectivity index (χ1n) is 10.3. The highest BCUT2D eigenvalue weighted by Gasteiger charge is 2.45. The molecule has 0 unspecified atom stereocenters. The number of nitrogens with zero attached hydrogens (tertiary/aromatic N) is 2. The van der Waals surface area contributed by atoms with Crippen LogP contribution in [0.4, 0.5) is 5.82 Å². The van der Waals surface area contributed by atoms with Gasteiger partial charge < -0.3 is 8.94 Å². The lowest BCUT2D eigenvalue weighted by Crippen LogP contribution is -2.29. The fourth-order valence-electron chi connectivity index (χ4n) is 4.47. The Hall–Kier alpha value is -4.19. The summed E-state index contributed by atoms with van der Waals surface area (Å²) < 4.78 is 11.4. The highest BCUT2D eigenvalue weighted by atomic mass is 16.5. The van der Waals surface area contributed by atoms with Gasteiger partial charge in [0, 0.05) is 11.5 Å². The molecule has 0 saturated heterocycles. The van der Waals surface area contributed by atoms with E-state index in [4.69, 9.17) is 8.94 Å². The van der Waals surface area contributed by atoms with Gasteiger partial charge in [0.1, 0.15) is 11.3 Å². The topological polar surface area (TPSA) is 76.6 Å². The maximum atomic E-state index is 13.8. The van der Waals surface area contributed by atoms with E-state index in [9.17, 15) is 9.59 Å². The summed E-state index contributed by atoms with van der Waals surface area (Å²) in [6, 6.07) is 20.1. The Morgan fingerprint density at radius 1 is 0.906 bits per heavy atom. The number of rotatable bonds is 2. The normalized spacial score (nSPS) is 15.6. The fourth-order valence-corrected chi connectivity index (χ4v) is 4.47. The van der Waals surface area contributed by atoms with Crippen LogP contribution in [0.25, 0.3) is 21.7 Å². The second kappa shape index (κ2) is 6.65. The molecule has 0 fully saturated rings. The summed E-state index contributed by atoms with van der Waals surface area (Å²) in [6.07, 6.45) is 0. The first kappa shape index (κ1) is 18.6. The van der Waals surface area contributed by atoms with Gasteiger partial charge in [-0.05, 0) is 30.9 Å². The third-order valence-electron chi connectivity index (χ3n) is 6.02. The molecule has 0 saturated carbocycles. The van der Waals surface area contributed by atoms with Gasteiger partial charge in [0.15, 0.2) is 11.2 Å². The molecule has 6 heteroatoms. The van der Waals surface area contributed by atoms with Crippen LogP contribution in [0.15, 0.2) is 80.5 Å². The number of hydrogen-bond donors (Lipinski definition) is 0. The number of amides is 1. The molecule has 0 bridgehead atoms. The molecule has 1 aliphatic rings. The average Bonchev–Trinajstić information content (AvgIpc) is 3.35. The van der Waals surface area contributed by atoms with Crippen LogP contribution in [-0.4, -0.2) is 11.1 Å². The molecule has 6 rings (SSSR count). The summed E-state index contributed by atoms with van der Waals surface area (Å²) in [4.78, 5) is 28.8. The molecule has 1 aliphatic heterocycles. The number of aromatic nitrogens is 1. The Labute approximate surface area is 182 Å². The van der Waals surface area contributed by atoms with E-state index < -0.39 is 11.9 Å². The zero-order chi connectivity index (χ0) is 22.0. The van der Waals surface area contributed by atoms with Crippen molar-refractivity contribution in [2.24, 2.45) is 0 Å². The molecule has 0 radical (unpaired) electrons. The van der Waals surface area contributed by atoms with Gasteiger partial charge in [0.25, 0.3) is 5.91 Å². The first-order valence-corrected chi connectivity index (χ1v) is 10.3. The zero-order valence-electron chi connectivity index (χ0n) is 17.5. The van der Waals surface area contributed by atoms with Crippen LogP contribution in [0.1, 0.15) is 39.0 Å². The molecule has 3 aromatic carbocycles. The summed E-state index contributed by atoms with van der Waals surface area (Å²) in [5.74, 6) is 0.551. The van der Waals surface area contributed by atoms with Gasteiger partial charge in [-0.2, -0.15) is 0 Å². The van der Waals surface area contributed by atoms with Gasteiger partial charge in [0.05, 0.1) is 17.0 Å². The van der Waals surface area contributed by atoms with E-state index in [1.807, 2.05) is 61.5 Å². The number of fused-ring (bicyclic) bond motifs is 4. The predicted octanol–water partition coefficient (Wildman–Crippen LogP) is 5.30. The van der Waals surface area contributed by atoms with Gasteiger partial charge in [-0.25, -0.2) is 0 Å². The molecular weight excluding hydrogens is 404 g/mol. The highest BCUT2D eigenvalue weighted by molar-refractivity contribution is 6.12. The minimum atomic E-state index is -0.658. The van der Waals surface area contributed by atoms with Crippen molar-refractivity contribution in [2.45, 2.75) is 19.9 Å². The summed E-state index contributed by atoms with van der Waals surface area (Å²) >= 11 is 0. The van der Waals surface area contributed by atoms with E-state index >= 15 is 0 Å². The SMILES string of the molecule is Cc1ccc([C@H]2c3c(oc4c(ccc5ccccc54)c3=O)C(=O)N2c2cc(C)on2)cc1. The summed E-state index contributed by atoms with van der Waals surface area (Å²) in [7, 11) is 0. The Balaban J connectivity index is 1.69. The number of hydrogen-bond acceptors (Lipinski definition) is 5. The van der Waals surface area contributed by atoms with Gasteiger partial charge in [0.2, 0.25) is 5.76 Å². The minimum absolute atomic E-state index is 0.0464. The molecule has 2 aromatic heterocycles. The lowest BCUT2D eigenvalue weighted by molar-refractivity contribution is 0.0969. The highest BCUT2D eigenvalue weighted by Crippen LogP contribution is 2.41. The first-order chi connectivity index (χ1) is 15.5. The largest absolute Gasteiger partial charge is 0.450 e. The molecule has 1 atom stereocenters.